The fourth-order valence-corrected chi connectivity index (χ4v) is 2.62. The average Bonchev–Trinajstić information content (AvgIpc) is 2.70. The predicted molar refractivity (Wildman–Crippen MR) is 108 cm³/mol. The molecule has 0 aliphatic carbocycles. The van der Waals surface area contributed by atoms with Gasteiger partial charge in [0.1, 0.15) is 17.3 Å². The smallest absolute Gasteiger partial charge is 0.254 e. The van der Waals surface area contributed by atoms with E-state index in [0.717, 1.165) is 4.47 Å². The number of carbonyl (C=O) groups is 2. The van der Waals surface area contributed by atoms with Crippen molar-refractivity contribution >= 4 is 33.4 Å². The summed E-state index contributed by atoms with van der Waals surface area (Å²) < 4.78 is 20.2. The second-order valence-electron chi connectivity index (χ2n) is 5.79. The molecule has 0 aromatic heterocycles. The van der Waals surface area contributed by atoms with Crippen LogP contribution >= 0.6 is 15.9 Å². The van der Waals surface area contributed by atoms with Crippen LogP contribution in [0, 0.1) is 5.82 Å². The maximum atomic E-state index is 13.5. The van der Waals surface area contributed by atoms with Crippen LogP contribution < -0.4 is 15.4 Å². The van der Waals surface area contributed by atoms with Gasteiger partial charge in [-0.25, -0.2) is 4.39 Å². The van der Waals surface area contributed by atoms with E-state index in [1.165, 1.54) is 18.2 Å². The van der Waals surface area contributed by atoms with Crippen molar-refractivity contribution in [1.29, 1.82) is 0 Å². The van der Waals surface area contributed by atoms with E-state index in [0.29, 0.717) is 17.2 Å². The Morgan fingerprint density at radius 2 is 1.50 bits per heavy atom. The maximum Gasteiger partial charge on any atom is 0.254 e. The molecule has 5 nitrogen and oxygen atoms in total. The second kappa shape index (κ2) is 9.14. The fourth-order valence-electron chi connectivity index (χ4n) is 2.35. The summed E-state index contributed by atoms with van der Waals surface area (Å²) in [7, 11) is 0. The molecule has 0 spiro atoms. The summed E-state index contributed by atoms with van der Waals surface area (Å²) in [6.07, 6.45) is 0. The molecular weight excluding hydrogens is 427 g/mol. The molecule has 0 saturated heterocycles. The zero-order valence-corrected chi connectivity index (χ0v) is 16.2. The van der Waals surface area contributed by atoms with Crippen molar-refractivity contribution in [2.45, 2.75) is 0 Å². The van der Waals surface area contributed by atoms with Gasteiger partial charge in [0.05, 0.1) is 12.1 Å². The molecular formula is C21H16BrFN2O3. The highest BCUT2D eigenvalue weighted by molar-refractivity contribution is 9.10. The second-order valence-corrected chi connectivity index (χ2v) is 6.71. The SMILES string of the molecule is O=C(CNC(=O)c1ccccc1F)Nc1ccc(Oc2ccc(Br)cc2)cc1. The van der Waals surface area contributed by atoms with Crippen LogP contribution in [0.25, 0.3) is 0 Å². The normalized spacial score (nSPS) is 10.2. The molecule has 0 aliphatic heterocycles. The zero-order chi connectivity index (χ0) is 19.9. The molecule has 28 heavy (non-hydrogen) atoms. The summed E-state index contributed by atoms with van der Waals surface area (Å²) in [6, 6.07) is 19.8. The van der Waals surface area contributed by atoms with E-state index in [9.17, 15) is 14.0 Å². The number of anilines is 1. The van der Waals surface area contributed by atoms with Gasteiger partial charge in [0.2, 0.25) is 5.91 Å². The summed E-state index contributed by atoms with van der Waals surface area (Å²) in [5, 5.41) is 5.04. The molecule has 3 aromatic carbocycles. The topological polar surface area (TPSA) is 67.4 Å². The molecule has 2 amide bonds. The summed E-state index contributed by atoms with van der Waals surface area (Å²) in [5.41, 5.74) is 0.443. The molecule has 0 saturated carbocycles. The van der Waals surface area contributed by atoms with Gasteiger partial charge in [-0.05, 0) is 60.7 Å². The molecule has 0 atom stereocenters. The van der Waals surface area contributed by atoms with Gasteiger partial charge in [0.15, 0.2) is 0 Å². The number of ether oxygens (including phenoxy) is 1. The number of hydrogen-bond donors (Lipinski definition) is 2. The van der Waals surface area contributed by atoms with Crippen molar-refractivity contribution in [2.24, 2.45) is 0 Å². The van der Waals surface area contributed by atoms with E-state index in [4.69, 9.17) is 4.74 Å². The van der Waals surface area contributed by atoms with E-state index in [1.54, 1.807) is 30.3 Å². The number of benzene rings is 3. The molecule has 0 unspecified atom stereocenters. The number of rotatable bonds is 6. The Morgan fingerprint density at radius 3 is 2.14 bits per heavy atom. The lowest BCUT2D eigenvalue weighted by Gasteiger charge is -2.09. The molecule has 0 aliphatic rings. The fraction of sp³-hybridized carbons (Fsp3) is 0.0476. The van der Waals surface area contributed by atoms with E-state index in [2.05, 4.69) is 26.6 Å². The summed E-state index contributed by atoms with van der Waals surface area (Å²) in [4.78, 5) is 23.9. The summed E-state index contributed by atoms with van der Waals surface area (Å²) in [6.45, 7) is -0.273. The lowest BCUT2D eigenvalue weighted by atomic mass is 10.2. The van der Waals surface area contributed by atoms with Crippen LogP contribution in [-0.2, 0) is 4.79 Å². The molecule has 7 heteroatoms. The van der Waals surface area contributed by atoms with Crippen LogP contribution in [0.4, 0.5) is 10.1 Å². The third kappa shape index (κ3) is 5.40. The molecule has 0 fully saturated rings. The Kier molecular flexibility index (Phi) is 6.39. The van der Waals surface area contributed by atoms with Gasteiger partial charge in [-0.2, -0.15) is 0 Å². The quantitative estimate of drug-likeness (QED) is 0.578. The van der Waals surface area contributed by atoms with Crippen LogP contribution in [-0.4, -0.2) is 18.4 Å². The van der Waals surface area contributed by atoms with Crippen LogP contribution in [0.15, 0.2) is 77.3 Å². The number of carbonyl (C=O) groups excluding carboxylic acids is 2. The van der Waals surface area contributed by atoms with Crippen LogP contribution in [0.5, 0.6) is 11.5 Å². The predicted octanol–water partition coefficient (Wildman–Crippen LogP) is 4.75. The van der Waals surface area contributed by atoms with Gasteiger partial charge in [0.25, 0.3) is 5.91 Å². The Balaban J connectivity index is 1.51. The van der Waals surface area contributed by atoms with Crippen molar-refractivity contribution < 1.29 is 18.7 Å². The first kappa shape index (κ1) is 19.6. The van der Waals surface area contributed by atoms with E-state index >= 15 is 0 Å². The largest absolute Gasteiger partial charge is 0.457 e. The van der Waals surface area contributed by atoms with Crippen LogP contribution in [0.1, 0.15) is 10.4 Å². The third-order valence-corrected chi connectivity index (χ3v) is 4.24. The number of halogens is 2. The van der Waals surface area contributed by atoms with Crippen molar-refractivity contribution in [3.8, 4) is 11.5 Å². The minimum absolute atomic E-state index is 0.107. The van der Waals surface area contributed by atoms with Gasteiger partial charge in [-0.15, -0.1) is 0 Å². The Bertz CT molecular complexity index is 976. The molecule has 3 aromatic rings. The van der Waals surface area contributed by atoms with Crippen molar-refractivity contribution in [1.82, 2.24) is 5.32 Å². The number of amides is 2. The Hall–Kier alpha value is -3.19. The standard InChI is InChI=1S/C21H16BrFN2O3/c22-14-5-9-16(10-6-14)28-17-11-7-15(8-12-17)25-20(26)13-24-21(27)18-3-1-2-4-19(18)23/h1-12H,13H2,(H,24,27)(H,25,26). The van der Waals surface area contributed by atoms with Crippen molar-refractivity contribution in [2.75, 3.05) is 11.9 Å². The van der Waals surface area contributed by atoms with Crippen molar-refractivity contribution in [3.63, 3.8) is 0 Å². The van der Waals surface area contributed by atoms with Gasteiger partial charge < -0.3 is 15.4 Å². The lowest BCUT2D eigenvalue weighted by Crippen LogP contribution is -2.33. The minimum atomic E-state index is -0.647. The van der Waals surface area contributed by atoms with Crippen LogP contribution in [0.2, 0.25) is 0 Å². The van der Waals surface area contributed by atoms with Gasteiger partial charge in [0, 0.05) is 10.2 Å². The first-order chi connectivity index (χ1) is 13.5. The first-order valence-electron chi connectivity index (χ1n) is 8.37. The summed E-state index contributed by atoms with van der Waals surface area (Å²) in [5.74, 6) is -0.399. The molecule has 142 valence electrons. The molecule has 0 radical (unpaired) electrons. The average molecular weight is 443 g/mol. The Morgan fingerprint density at radius 1 is 0.893 bits per heavy atom. The molecule has 3 rings (SSSR count). The highest BCUT2D eigenvalue weighted by atomic mass is 79.9. The van der Waals surface area contributed by atoms with Gasteiger partial charge >= 0.3 is 0 Å². The number of nitrogens with one attached hydrogen (secondary N) is 2. The third-order valence-electron chi connectivity index (χ3n) is 3.72. The first-order valence-corrected chi connectivity index (χ1v) is 9.16. The van der Waals surface area contributed by atoms with Crippen molar-refractivity contribution in [3.05, 3.63) is 88.6 Å². The summed E-state index contributed by atoms with van der Waals surface area (Å²) >= 11 is 3.36. The van der Waals surface area contributed by atoms with Gasteiger partial charge in [-0.3, -0.25) is 9.59 Å². The van der Waals surface area contributed by atoms with Crippen LogP contribution in [0.3, 0.4) is 0 Å². The van der Waals surface area contributed by atoms with Gasteiger partial charge in [-0.1, -0.05) is 28.1 Å². The molecule has 0 bridgehead atoms. The monoisotopic (exact) mass is 442 g/mol. The highest BCUT2D eigenvalue weighted by Crippen LogP contribution is 2.24. The van der Waals surface area contributed by atoms with E-state index in [1.807, 2.05) is 24.3 Å². The number of hydrogen-bond acceptors (Lipinski definition) is 3. The minimum Gasteiger partial charge on any atom is -0.457 e. The molecule has 0 heterocycles. The van der Waals surface area contributed by atoms with E-state index < -0.39 is 17.6 Å². The zero-order valence-electron chi connectivity index (χ0n) is 14.6. The lowest BCUT2D eigenvalue weighted by molar-refractivity contribution is -0.115. The molecule has 2 N–H and O–H groups in total. The Labute approximate surface area is 169 Å². The highest BCUT2D eigenvalue weighted by Gasteiger charge is 2.12. The van der Waals surface area contributed by atoms with E-state index in [-0.39, 0.29) is 12.1 Å². The maximum absolute atomic E-state index is 13.5.